The molecule has 0 aliphatic carbocycles. The van der Waals surface area contributed by atoms with Gasteiger partial charge in [0.1, 0.15) is 0 Å². The summed E-state index contributed by atoms with van der Waals surface area (Å²) < 4.78 is 0. The van der Waals surface area contributed by atoms with Crippen LogP contribution in [0.25, 0.3) is 0 Å². The largest absolute Gasteiger partial charge is 0.324 e. The number of hydrogen-bond donors (Lipinski definition) is 2. The summed E-state index contributed by atoms with van der Waals surface area (Å²) in [4.78, 5) is 29.2. The number of amides is 2. The molecule has 1 aromatic heterocycles. The fourth-order valence-electron chi connectivity index (χ4n) is 1.56. The minimum Gasteiger partial charge on any atom is -0.324 e. The zero-order valence-electron chi connectivity index (χ0n) is 11.7. The lowest BCUT2D eigenvalue weighted by Gasteiger charge is -2.13. The SMILES string of the molecule is C[C@H](ONC(=O)c1cccs1)C(=O)Nc1cccc(C#N)c1. The van der Waals surface area contributed by atoms with E-state index in [2.05, 4.69) is 10.8 Å². The number of nitrogens with zero attached hydrogens (tertiary/aromatic N) is 1. The van der Waals surface area contributed by atoms with E-state index in [9.17, 15) is 9.59 Å². The van der Waals surface area contributed by atoms with Crippen molar-refractivity contribution in [2.45, 2.75) is 13.0 Å². The number of hydroxylamine groups is 1. The van der Waals surface area contributed by atoms with Crippen LogP contribution in [-0.2, 0) is 9.63 Å². The molecule has 2 aromatic rings. The normalized spacial score (nSPS) is 11.3. The Morgan fingerprint density at radius 3 is 2.82 bits per heavy atom. The number of rotatable bonds is 5. The molecular weight excluding hydrogens is 302 g/mol. The average molecular weight is 315 g/mol. The van der Waals surface area contributed by atoms with Gasteiger partial charge in [0.2, 0.25) is 0 Å². The van der Waals surface area contributed by atoms with E-state index in [1.165, 1.54) is 18.3 Å². The quantitative estimate of drug-likeness (QED) is 0.828. The summed E-state index contributed by atoms with van der Waals surface area (Å²) in [6, 6.07) is 11.9. The highest BCUT2D eigenvalue weighted by molar-refractivity contribution is 7.12. The fourth-order valence-corrected chi connectivity index (χ4v) is 2.17. The lowest BCUT2D eigenvalue weighted by atomic mass is 10.2. The summed E-state index contributed by atoms with van der Waals surface area (Å²) in [5.74, 6) is -0.831. The molecule has 112 valence electrons. The summed E-state index contributed by atoms with van der Waals surface area (Å²) in [6.45, 7) is 1.51. The summed E-state index contributed by atoms with van der Waals surface area (Å²) in [7, 11) is 0. The average Bonchev–Trinajstić information content (AvgIpc) is 3.06. The van der Waals surface area contributed by atoms with E-state index in [0.717, 1.165) is 0 Å². The molecule has 0 saturated carbocycles. The molecule has 0 fully saturated rings. The number of carbonyl (C=O) groups is 2. The van der Waals surface area contributed by atoms with Gasteiger partial charge in [0.25, 0.3) is 11.8 Å². The van der Waals surface area contributed by atoms with Gasteiger partial charge in [-0.15, -0.1) is 11.3 Å². The molecule has 0 radical (unpaired) electrons. The van der Waals surface area contributed by atoms with Crippen molar-refractivity contribution in [3.05, 3.63) is 52.2 Å². The van der Waals surface area contributed by atoms with E-state index in [1.54, 1.807) is 41.8 Å². The molecule has 7 heteroatoms. The zero-order chi connectivity index (χ0) is 15.9. The Morgan fingerprint density at radius 1 is 1.32 bits per heavy atom. The summed E-state index contributed by atoms with van der Waals surface area (Å²) >= 11 is 1.27. The lowest BCUT2D eigenvalue weighted by Crippen LogP contribution is -2.35. The molecule has 6 nitrogen and oxygen atoms in total. The molecule has 2 amide bonds. The smallest absolute Gasteiger partial charge is 0.284 e. The second kappa shape index (κ2) is 7.36. The lowest BCUT2D eigenvalue weighted by molar-refractivity contribution is -0.129. The third kappa shape index (κ3) is 4.15. The maximum absolute atomic E-state index is 11.9. The first-order valence-electron chi connectivity index (χ1n) is 6.40. The van der Waals surface area contributed by atoms with E-state index in [0.29, 0.717) is 16.1 Å². The molecule has 0 aliphatic rings. The monoisotopic (exact) mass is 315 g/mol. The second-order valence-corrected chi connectivity index (χ2v) is 5.30. The van der Waals surface area contributed by atoms with Crippen LogP contribution in [0, 0.1) is 11.3 Å². The van der Waals surface area contributed by atoms with Crippen molar-refractivity contribution in [2.75, 3.05) is 5.32 Å². The van der Waals surface area contributed by atoms with E-state index < -0.39 is 17.9 Å². The van der Waals surface area contributed by atoms with Gasteiger partial charge in [0.15, 0.2) is 6.10 Å². The molecule has 0 spiro atoms. The predicted octanol–water partition coefficient (Wildman–Crippen LogP) is 2.31. The van der Waals surface area contributed by atoms with Gasteiger partial charge in [-0.05, 0) is 36.6 Å². The van der Waals surface area contributed by atoms with Crippen molar-refractivity contribution in [3.8, 4) is 6.07 Å². The van der Waals surface area contributed by atoms with Gasteiger partial charge in [-0.3, -0.25) is 14.4 Å². The van der Waals surface area contributed by atoms with Gasteiger partial charge >= 0.3 is 0 Å². The van der Waals surface area contributed by atoms with Gasteiger partial charge in [-0.2, -0.15) is 5.26 Å². The van der Waals surface area contributed by atoms with Crippen LogP contribution in [0.2, 0.25) is 0 Å². The third-order valence-electron chi connectivity index (χ3n) is 2.70. The Hall–Kier alpha value is -2.69. The Balaban J connectivity index is 1.87. The molecule has 0 saturated heterocycles. The van der Waals surface area contributed by atoms with Gasteiger partial charge in [0.05, 0.1) is 16.5 Å². The molecular formula is C15H13N3O3S. The van der Waals surface area contributed by atoms with Crippen LogP contribution in [-0.4, -0.2) is 17.9 Å². The number of carbonyl (C=O) groups excluding carboxylic acids is 2. The van der Waals surface area contributed by atoms with Gasteiger partial charge in [-0.1, -0.05) is 12.1 Å². The van der Waals surface area contributed by atoms with E-state index in [1.807, 2.05) is 6.07 Å². The number of nitriles is 1. The molecule has 1 atom stereocenters. The van der Waals surface area contributed by atoms with Crippen molar-refractivity contribution in [1.82, 2.24) is 5.48 Å². The van der Waals surface area contributed by atoms with Crippen molar-refractivity contribution in [2.24, 2.45) is 0 Å². The predicted molar refractivity (Wildman–Crippen MR) is 82.1 cm³/mol. The minimum absolute atomic E-state index is 0.402. The van der Waals surface area contributed by atoms with Crippen molar-refractivity contribution in [1.29, 1.82) is 5.26 Å². The molecule has 22 heavy (non-hydrogen) atoms. The van der Waals surface area contributed by atoms with Gasteiger partial charge in [0, 0.05) is 5.69 Å². The number of benzene rings is 1. The molecule has 0 aliphatic heterocycles. The van der Waals surface area contributed by atoms with Crippen molar-refractivity contribution in [3.63, 3.8) is 0 Å². The third-order valence-corrected chi connectivity index (χ3v) is 3.57. The first-order chi connectivity index (χ1) is 10.6. The molecule has 2 N–H and O–H groups in total. The molecule has 0 bridgehead atoms. The van der Waals surface area contributed by atoms with Crippen LogP contribution < -0.4 is 10.8 Å². The Kier molecular flexibility index (Phi) is 5.25. The summed E-state index contributed by atoms with van der Waals surface area (Å²) in [5, 5.41) is 13.2. The first kappa shape index (κ1) is 15.7. The zero-order valence-corrected chi connectivity index (χ0v) is 12.5. The number of hydrogen-bond acceptors (Lipinski definition) is 5. The van der Waals surface area contributed by atoms with Crippen molar-refractivity contribution < 1.29 is 14.4 Å². The van der Waals surface area contributed by atoms with Crippen LogP contribution in [0.3, 0.4) is 0 Å². The molecule has 2 rings (SSSR count). The van der Waals surface area contributed by atoms with E-state index >= 15 is 0 Å². The number of thiophene rings is 1. The Morgan fingerprint density at radius 2 is 2.14 bits per heavy atom. The number of nitrogens with one attached hydrogen (secondary N) is 2. The van der Waals surface area contributed by atoms with Gasteiger partial charge < -0.3 is 5.32 Å². The Labute approximate surface area is 131 Å². The van der Waals surface area contributed by atoms with Crippen LogP contribution >= 0.6 is 11.3 Å². The summed E-state index contributed by atoms with van der Waals surface area (Å²) in [5.41, 5.74) is 3.16. The highest BCUT2D eigenvalue weighted by Crippen LogP contribution is 2.11. The van der Waals surface area contributed by atoms with E-state index in [-0.39, 0.29) is 0 Å². The number of anilines is 1. The second-order valence-electron chi connectivity index (χ2n) is 4.35. The fraction of sp³-hybridized carbons (Fsp3) is 0.133. The molecule has 1 heterocycles. The maximum Gasteiger partial charge on any atom is 0.284 e. The van der Waals surface area contributed by atoms with Crippen LogP contribution in [0.5, 0.6) is 0 Å². The van der Waals surface area contributed by atoms with Gasteiger partial charge in [-0.25, -0.2) is 5.48 Å². The first-order valence-corrected chi connectivity index (χ1v) is 7.28. The topological polar surface area (TPSA) is 91.2 Å². The highest BCUT2D eigenvalue weighted by Gasteiger charge is 2.16. The summed E-state index contributed by atoms with van der Waals surface area (Å²) in [6.07, 6.45) is -0.880. The van der Waals surface area contributed by atoms with Crippen molar-refractivity contribution >= 4 is 28.8 Å². The van der Waals surface area contributed by atoms with E-state index in [4.69, 9.17) is 10.1 Å². The van der Waals surface area contributed by atoms with Crippen LogP contribution in [0.15, 0.2) is 41.8 Å². The maximum atomic E-state index is 11.9. The highest BCUT2D eigenvalue weighted by atomic mass is 32.1. The molecule has 1 aromatic carbocycles. The van der Waals surface area contributed by atoms with Crippen LogP contribution in [0.1, 0.15) is 22.2 Å². The Bertz CT molecular complexity index is 707. The molecule has 0 unspecified atom stereocenters. The minimum atomic E-state index is -0.880. The van der Waals surface area contributed by atoms with Crippen LogP contribution in [0.4, 0.5) is 5.69 Å². The standard InChI is InChI=1S/C15H13N3O3S/c1-10(21-18-15(20)13-6-3-7-22-13)14(19)17-12-5-2-4-11(8-12)9-16/h2-8,10H,1H3,(H,17,19)(H,18,20)/t10-/m0/s1.